The summed E-state index contributed by atoms with van der Waals surface area (Å²) in [5.41, 5.74) is 2.41. The number of nitro benzene ring substituents is 1. The number of rotatable bonds is 8. The lowest BCUT2D eigenvalue weighted by molar-refractivity contribution is -0.384. The van der Waals surface area contributed by atoms with Crippen molar-refractivity contribution in [2.75, 3.05) is 37.7 Å². The number of nitro groups is 1. The number of hydrogen-bond donors (Lipinski definition) is 2. The number of nitrogens with zero attached hydrogens (tertiary/aromatic N) is 2. The van der Waals surface area contributed by atoms with E-state index in [1.165, 1.54) is 12.1 Å². The highest BCUT2D eigenvalue weighted by Crippen LogP contribution is 2.26. The zero-order valence-corrected chi connectivity index (χ0v) is 17.2. The van der Waals surface area contributed by atoms with Crippen molar-refractivity contribution in [3.8, 4) is 0 Å². The molecular weight excluding hydrogens is 402 g/mol. The van der Waals surface area contributed by atoms with Gasteiger partial charge in [-0.2, -0.15) is 0 Å². The highest BCUT2D eigenvalue weighted by Gasteiger charge is 2.24. The second-order valence-corrected chi connectivity index (χ2v) is 7.50. The topological polar surface area (TPSA) is 122 Å². The van der Waals surface area contributed by atoms with Gasteiger partial charge in [-0.05, 0) is 25.0 Å². The molecule has 1 unspecified atom stereocenters. The lowest BCUT2D eigenvalue weighted by Crippen LogP contribution is -2.39. The van der Waals surface area contributed by atoms with Crippen LogP contribution in [-0.2, 0) is 16.0 Å². The lowest BCUT2D eigenvalue weighted by Gasteiger charge is -2.30. The maximum absolute atomic E-state index is 12.9. The number of anilines is 1. The second kappa shape index (κ2) is 10.0. The fourth-order valence-corrected chi connectivity index (χ4v) is 3.58. The molecular formula is C22H25N3O6. The molecule has 2 aromatic rings. The third kappa shape index (κ3) is 5.79. The summed E-state index contributed by atoms with van der Waals surface area (Å²) in [6.07, 6.45) is 0.266. The van der Waals surface area contributed by atoms with Gasteiger partial charge in [0.25, 0.3) is 11.6 Å². The predicted molar refractivity (Wildman–Crippen MR) is 114 cm³/mol. The van der Waals surface area contributed by atoms with E-state index < -0.39 is 22.7 Å². The number of morpholine rings is 1. The summed E-state index contributed by atoms with van der Waals surface area (Å²) in [6.45, 7) is 3.95. The van der Waals surface area contributed by atoms with Crippen LogP contribution >= 0.6 is 0 Å². The van der Waals surface area contributed by atoms with Gasteiger partial charge in [0.2, 0.25) is 0 Å². The smallest absolute Gasteiger partial charge is 0.308 e. The molecule has 164 valence electrons. The quantitative estimate of drug-likeness (QED) is 0.490. The van der Waals surface area contributed by atoms with Crippen LogP contribution in [0.15, 0.2) is 42.5 Å². The molecule has 0 bridgehead atoms. The predicted octanol–water partition coefficient (Wildman–Crippen LogP) is 2.41. The van der Waals surface area contributed by atoms with E-state index in [1.54, 1.807) is 6.07 Å². The van der Waals surface area contributed by atoms with Crippen LogP contribution in [0, 0.1) is 23.0 Å². The van der Waals surface area contributed by atoms with Crippen molar-refractivity contribution in [2.45, 2.75) is 13.3 Å². The number of aryl methyl sites for hydroxylation is 1. The van der Waals surface area contributed by atoms with E-state index in [0.29, 0.717) is 32.0 Å². The largest absolute Gasteiger partial charge is 0.481 e. The van der Waals surface area contributed by atoms with E-state index in [1.807, 2.05) is 36.1 Å². The van der Waals surface area contributed by atoms with Gasteiger partial charge in [0.05, 0.1) is 35.3 Å². The van der Waals surface area contributed by atoms with Gasteiger partial charge in [0.1, 0.15) is 0 Å². The number of hydrogen-bond acceptors (Lipinski definition) is 6. The molecule has 0 saturated carbocycles. The van der Waals surface area contributed by atoms with Gasteiger partial charge in [0, 0.05) is 31.8 Å². The highest BCUT2D eigenvalue weighted by atomic mass is 16.6. The Bertz CT molecular complexity index is 971. The molecule has 0 radical (unpaired) electrons. The van der Waals surface area contributed by atoms with E-state index in [2.05, 4.69) is 5.32 Å². The summed E-state index contributed by atoms with van der Waals surface area (Å²) < 4.78 is 5.34. The normalized spacial score (nSPS) is 14.7. The van der Waals surface area contributed by atoms with E-state index in [-0.39, 0.29) is 24.2 Å². The fraction of sp³-hybridized carbons (Fsp3) is 0.364. The van der Waals surface area contributed by atoms with E-state index in [4.69, 9.17) is 4.74 Å². The van der Waals surface area contributed by atoms with Gasteiger partial charge >= 0.3 is 5.97 Å². The molecule has 31 heavy (non-hydrogen) atoms. The molecule has 2 aromatic carbocycles. The summed E-state index contributed by atoms with van der Waals surface area (Å²) in [7, 11) is 0. The van der Waals surface area contributed by atoms with Gasteiger partial charge in [-0.3, -0.25) is 19.7 Å². The number of carbonyl (C=O) groups is 2. The molecule has 0 spiro atoms. The number of benzene rings is 2. The number of carboxylic acid groups (broad SMARTS) is 1. The zero-order valence-electron chi connectivity index (χ0n) is 17.2. The van der Waals surface area contributed by atoms with Gasteiger partial charge in [0.15, 0.2) is 0 Å². The Balaban J connectivity index is 1.77. The third-order valence-corrected chi connectivity index (χ3v) is 5.21. The Morgan fingerprint density at radius 3 is 2.61 bits per heavy atom. The summed E-state index contributed by atoms with van der Waals surface area (Å²) in [4.78, 5) is 37.3. The Hall–Kier alpha value is -3.46. The van der Waals surface area contributed by atoms with Crippen LogP contribution in [-0.4, -0.2) is 54.8 Å². The first kappa shape index (κ1) is 22.2. The number of ether oxygens (including phenoxy) is 1. The minimum atomic E-state index is -1.02. The maximum atomic E-state index is 12.9. The van der Waals surface area contributed by atoms with Crippen molar-refractivity contribution in [2.24, 2.45) is 5.92 Å². The Labute approximate surface area is 179 Å². The van der Waals surface area contributed by atoms with Gasteiger partial charge in [-0.15, -0.1) is 0 Å². The first-order valence-electron chi connectivity index (χ1n) is 10.0. The number of aliphatic carboxylic acids is 1. The average Bonchev–Trinajstić information content (AvgIpc) is 2.76. The van der Waals surface area contributed by atoms with Crippen LogP contribution in [0.2, 0.25) is 0 Å². The number of nitrogens with one attached hydrogen (secondary N) is 1. The molecule has 0 aromatic heterocycles. The third-order valence-electron chi connectivity index (χ3n) is 5.21. The molecule has 1 heterocycles. The number of carbonyl (C=O) groups excluding carboxylic acids is 1. The summed E-state index contributed by atoms with van der Waals surface area (Å²) in [5, 5.41) is 23.5. The van der Waals surface area contributed by atoms with Gasteiger partial charge in [-0.25, -0.2) is 0 Å². The molecule has 0 aliphatic carbocycles. The van der Waals surface area contributed by atoms with Crippen molar-refractivity contribution < 1.29 is 24.4 Å². The highest BCUT2D eigenvalue weighted by molar-refractivity contribution is 6.00. The van der Waals surface area contributed by atoms with Crippen LogP contribution in [0.25, 0.3) is 0 Å². The first-order chi connectivity index (χ1) is 14.8. The minimum Gasteiger partial charge on any atom is -0.481 e. The van der Waals surface area contributed by atoms with Crippen LogP contribution in [0.4, 0.5) is 11.4 Å². The monoisotopic (exact) mass is 427 g/mol. The summed E-state index contributed by atoms with van der Waals surface area (Å²) in [5.74, 6) is -2.38. The molecule has 1 atom stereocenters. The van der Waals surface area contributed by atoms with Crippen LogP contribution in [0.5, 0.6) is 0 Å². The molecule has 1 fully saturated rings. The Morgan fingerprint density at radius 2 is 1.97 bits per heavy atom. The average molecular weight is 427 g/mol. The van der Waals surface area contributed by atoms with E-state index in [9.17, 15) is 24.8 Å². The molecule has 1 aliphatic rings. The van der Waals surface area contributed by atoms with Crippen molar-refractivity contribution in [3.63, 3.8) is 0 Å². The molecule has 3 rings (SSSR count). The lowest BCUT2D eigenvalue weighted by atomic mass is 9.98. The van der Waals surface area contributed by atoms with Crippen LogP contribution < -0.4 is 10.2 Å². The van der Waals surface area contributed by atoms with E-state index in [0.717, 1.165) is 11.1 Å². The van der Waals surface area contributed by atoms with Gasteiger partial charge in [-0.1, -0.05) is 29.8 Å². The Kier molecular flexibility index (Phi) is 7.19. The van der Waals surface area contributed by atoms with E-state index >= 15 is 0 Å². The summed E-state index contributed by atoms with van der Waals surface area (Å²) in [6, 6.07) is 11.7. The number of amides is 1. The molecule has 1 amide bonds. The maximum Gasteiger partial charge on any atom is 0.308 e. The molecule has 9 nitrogen and oxygen atoms in total. The number of carboxylic acids is 1. The summed E-state index contributed by atoms with van der Waals surface area (Å²) >= 11 is 0. The second-order valence-electron chi connectivity index (χ2n) is 7.50. The Morgan fingerprint density at radius 1 is 1.23 bits per heavy atom. The van der Waals surface area contributed by atoms with Gasteiger partial charge < -0.3 is 20.1 Å². The number of non-ortho nitro benzene ring substituents is 1. The zero-order chi connectivity index (χ0) is 22.4. The van der Waals surface area contributed by atoms with Crippen molar-refractivity contribution in [1.29, 1.82) is 0 Å². The fourth-order valence-electron chi connectivity index (χ4n) is 3.58. The standard InChI is InChI=1S/C22H25N3O6/c1-15-3-2-4-16(11-15)12-17(22(27)28)14-23-21(26)19-13-18(25(29)30)5-6-20(19)24-7-9-31-10-8-24/h2-6,11,13,17H,7-10,12,14H2,1H3,(H,23,26)(H,27,28). The molecule has 1 aliphatic heterocycles. The van der Waals surface area contributed by atoms with Crippen molar-refractivity contribution in [3.05, 3.63) is 69.3 Å². The molecule has 1 saturated heterocycles. The molecule has 9 heteroatoms. The van der Waals surface area contributed by atoms with Crippen LogP contribution in [0.3, 0.4) is 0 Å². The SMILES string of the molecule is Cc1cccc(CC(CNC(=O)c2cc([N+](=O)[O-])ccc2N2CCOCC2)C(=O)O)c1. The minimum absolute atomic E-state index is 0.0899. The first-order valence-corrected chi connectivity index (χ1v) is 10.0. The molecule has 2 N–H and O–H groups in total. The van der Waals surface area contributed by atoms with Crippen molar-refractivity contribution >= 4 is 23.3 Å². The van der Waals surface area contributed by atoms with Crippen molar-refractivity contribution in [1.82, 2.24) is 5.32 Å². The van der Waals surface area contributed by atoms with Crippen LogP contribution in [0.1, 0.15) is 21.5 Å².